The monoisotopic (exact) mass is 360 g/mol. The van der Waals surface area contributed by atoms with Crippen LogP contribution in [0.15, 0.2) is 10.6 Å². The summed E-state index contributed by atoms with van der Waals surface area (Å²) in [5, 5.41) is 8.37. The van der Waals surface area contributed by atoms with Crippen molar-refractivity contribution in [1.82, 2.24) is 29.7 Å². The summed E-state index contributed by atoms with van der Waals surface area (Å²) < 4.78 is 6.84. The Morgan fingerprint density at radius 3 is 2.77 bits per heavy atom. The predicted octanol–water partition coefficient (Wildman–Crippen LogP) is 1.70. The third-order valence-electron chi connectivity index (χ3n) is 5.02. The van der Waals surface area contributed by atoms with E-state index >= 15 is 0 Å². The summed E-state index contributed by atoms with van der Waals surface area (Å²) in [6.45, 7) is 8.31. The Morgan fingerprint density at radius 2 is 2.12 bits per heavy atom. The van der Waals surface area contributed by atoms with Gasteiger partial charge in [0.15, 0.2) is 5.82 Å². The molecule has 3 heterocycles. The molecule has 0 spiro atoms. The van der Waals surface area contributed by atoms with Crippen LogP contribution in [-0.2, 0) is 17.9 Å². The molecule has 1 fully saturated rings. The molecule has 0 N–H and O–H groups in total. The van der Waals surface area contributed by atoms with E-state index in [1.165, 1.54) is 0 Å². The fourth-order valence-electron chi connectivity index (χ4n) is 3.59. The van der Waals surface area contributed by atoms with Gasteiger partial charge in [-0.3, -0.25) is 14.4 Å². The topological polar surface area (TPSA) is 80.3 Å². The molecule has 0 bridgehead atoms. The minimum absolute atomic E-state index is 0.147. The van der Waals surface area contributed by atoms with Crippen LogP contribution in [0.2, 0.25) is 0 Å². The first-order valence-corrected chi connectivity index (χ1v) is 9.20. The summed E-state index contributed by atoms with van der Waals surface area (Å²) in [4.78, 5) is 21.2. The summed E-state index contributed by atoms with van der Waals surface area (Å²) in [6, 6.07) is 2.42. The zero-order valence-electron chi connectivity index (χ0n) is 16.1. The van der Waals surface area contributed by atoms with Gasteiger partial charge in [-0.25, -0.2) is 0 Å². The van der Waals surface area contributed by atoms with E-state index in [0.29, 0.717) is 30.8 Å². The summed E-state index contributed by atoms with van der Waals surface area (Å²) in [7, 11) is 2.09. The van der Waals surface area contributed by atoms with E-state index in [0.717, 1.165) is 43.7 Å². The fourth-order valence-corrected chi connectivity index (χ4v) is 3.59. The maximum Gasteiger partial charge on any atom is 0.244 e. The minimum atomic E-state index is 0.147. The highest BCUT2D eigenvalue weighted by atomic mass is 16.5. The number of carbonyl (C=O) groups excluding carboxylic acids is 1. The Balaban J connectivity index is 1.53. The molecule has 8 heteroatoms. The van der Waals surface area contributed by atoms with Crippen molar-refractivity contribution >= 4 is 5.91 Å². The average Bonchev–Trinajstić information content (AvgIpc) is 3.02. The standard InChI is InChI=1S/C18H28N6O2/c1-13-10-14(2)24(20-13)12-18(25)23-8-5-6-16(7-9-23)22(4)11-17-19-15(3)26-21-17/h10,16H,5-9,11-12H2,1-4H3/t16-/m0/s1. The highest BCUT2D eigenvalue weighted by Crippen LogP contribution is 2.18. The van der Waals surface area contributed by atoms with E-state index < -0.39 is 0 Å². The molecule has 142 valence electrons. The number of carbonyl (C=O) groups is 1. The molecule has 0 unspecified atom stereocenters. The van der Waals surface area contributed by atoms with Crippen molar-refractivity contribution in [2.24, 2.45) is 0 Å². The van der Waals surface area contributed by atoms with Crippen molar-refractivity contribution in [3.63, 3.8) is 0 Å². The zero-order valence-corrected chi connectivity index (χ0v) is 16.1. The van der Waals surface area contributed by atoms with Crippen molar-refractivity contribution in [1.29, 1.82) is 0 Å². The van der Waals surface area contributed by atoms with Gasteiger partial charge in [0.1, 0.15) is 6.54 Å². The number of hydrogen-bond acceptors (Lipinski definition) is 6. The van der Waals surface area contributed by atoms with Gasteiger partial charge >= 0.3 is 0 Å². The molecule has 3 rings (SSSR count). The van der Waals surface area contributed by atoms with Gasteiger partial charge in [-0.2, -0.15) is 10.1 Å². The number of aromatic nitrogens is 4. The molecular weight excluding hydrogens is 332 g/mol. The van der Waals surface area contributed by atoms with Crippen LogP contribution in [0.4, 0.5) is 0 Å². The van der Waals surface area contributed by atoms with Crippen LogP contribution in [0.1, 0.15) is 42.4 Å². The van der Waals surface area contributed by atoms with Crippen molar-refractivity contribution in [3.8, 4) is 0 Å². The van der Waals surface area contributed by atoms with Crippen molar-refractivity contribution < 1.29 is 9.32 Å². The quantitative estimate of drug-likeness (QED) is 0.807. The lowest BCUT2D eigenvalue weighted by molar-refractivity contribution is -0.132. The number of hydrogen-bond donors (Lipinski definition) is 0. The van der Waals surface area contributed by atoms with Gasteiger partial charge in [0, 0.05) is 31.7 Å². The van der Waals surface area contributed by atoms with E-state index in [9.17, 15) is 4.79 Å². The molecule has 2 aromatic rings. The molecule has 0 aromatic carbocycles. The lowest BCUT2D eigenvalue weighted by Crippen LogP contribution is -2.36. The highest BCUT2D eigenvalue weighted by Gasteiger charge is 2.24. The second-order valence-electron chi connectivity index (χ2n) is 7.20. The number of likely N-dealkylation sites (tertiary alicyclic amines) is 1. The van der Waals surface area contributed by atoms with Crippen molar-refractivity contribution in [3.05, 3.63) is 29.2 Å². The smallest absolute Gasteiger partial charge is 0.244 e. The predicted molar refractivity (Wildman–Crippen MR) is 96.4 cm³/mol. The largest absolute Gasteiger partial charge is 0.341 e. The van der Waals surface area contributed by atoms with Gasteiger partial charge in [0.05, 0.1) is 12.2 Å². The molecule has 26 heavy (non-hydrogen) atoms. The maximum atomic E-state index is 12.7. The SMILES string of the molecule is Cc1cc(C)n(CC(=O)N2CCC[C@H](N(C)Cc3noc(C)n3)CC2)n1. The van der Waals surface area contributed by atoms with E-state index in [1.54, 1.807) is 11.6 Å². The van der Waals surface area contributed by atoms with Crippen LogP contribution < -0.4 is 0 Å². The molecule has 1 aliphatic rings. The van der Waals surface area contributed by atoms with Crippen LogP contribution in [0.5, 0.6) is 0 Å². The fraction of sp³-hybridized carbons (Fsp3) is 0.667. The Kier molecular flexibility index (Phi) is 5.70. The first-order chi connectivity index (χ1) is 12.4. The average molecular weight is 360 g/mol. The maximum absolute atomic E-state index is 12.7. The third-order valence-corrected chi connectivity index (χ3v) is 5.02. The molecule has 0 saturated carbocycles. The Labute approximate surface area is 154 Å². The highest BCUT2D eigenvalue weighted by molar-refractivity contribution is 5.76. The molecule has 1 saturated heterocycles. The Bertz CT molecular complexity index is 753. The first-order valence-electron chi connectivity index (χ1n) is 9.20. The molecule has 0 radical (unpaired) electrons. The van der Waals surface area contributed by atoms with Crippen LogP contribution in [0.25, 0.3) is 0 Å². The number of aryl methyl sites for hydroxylation is 3. The van der Waals surface area contributed by atoms with Gasteiger partial charge < -0.3 is 9.42 Å². The first kappa shape index (κ1) is 18.6. The van der Waals surface area contributed by atoms with Gasteiger partial charge in [0.2, 0.25) is 11.8 Å². The van der Waals surface area contributed by atoms with E-state index in [1.807, 2.05) is 24.8 Å². The molecule has 8 nitrogen and oxygen atoms in total. The van der Waals surface area contributed by atoms with Gasteiger partial charge in [0.25, 0.3) is 0 Å². The van der Waals surface area contributed by atoms with Crippen molar-refractivity contribution in [2.45, 2.75) is 59.2 Å². The van der Waals surface area contributed by atoms with E-state index in [4.69, 9.17) is 4.52 Å². The Hall–Kier alpha value is -2.22. The van der Waals surface area contributed by atoms with E-state index in [2.05, 4.69) is 27.2 Å². The second kappa shape index (κ2) is 7.99. The zero-order chi connectivity index (χ0) is 18.7. The van der Waals surface area contributed by atoms with Gasteiger partial charge in [-0.1, -0.05) is 5.16 Å². The molecular formula is C18H28N6O2. The van der Waals surface area contributed by atoms with Gasteiger partial charge in [-0.05, 0) is 46.2 Å². The summed E-state index contributed by atoms with van der Waals surface area (Å²) in [5.74, 6) is 1.45. The van der Waals surface area contributed by atoms with Crippen LogP contribution in [0, 0.1) is 20.8 Å². The molecule has 2 aromatic heterocycles. The van der Waals surface area contributed by atoms with Gasteiger partial charge in [-0.15, -0.1) is 0 Å². The summed E-state index contributed by atoms with van der Waals surface area (Å²) in [6.07, 6.45) is 3.02. The van der Waals surface area contributed by atoms with Crippen LogP contribution in [0.3, 0.4) is 0 Å². The molecule has 1 aliphatic heterocycles. The Morgan fingerprint density at radius 1 is 1.31 bits per heavy atom. The van der Waals surface area contributed by atoms with E-state index in [-0.39, 0.29) is 5.91 Å². The normalized spacial score (nSPS) is 18.3. The lowest BCUT2D eigenvalue weighted by atomic mass is 10.1. The second-order valence-corrected chi connectivity index (χ2v) is 7.20. The van der Waals surface area contributed by atoms with Crippen LogP contribution in [-0.4, -0.2) is 61.8 Å². The molecule has 1 atom stereocenters. The summed E-state index contributed by atoms with van der Waals surface area (Å²) >= 11 is 0. The number of nitrogens with zero attached hydrogens (tertiary/aromatic N) is 6. The van der Waals surface area contributed by atoms with Crippen LogP contribution >= 0.6 is 0 Å². The van der Waals surface area contributed by atoms with Crippen molar-refractivity contribution in [2.75, 3.05) is 20.1 Å². The number of rotatable bonds is 5. The summed E-state index contributed by atoms with van der Waals surface area (Å²) in [5.41, 5.74) is 1.98. The third kappa shape index (κ3) is 4.49. The molecule has 0 aliphatic carbocycles. The number of amides is 1. The minimum Gasteiger partial charge on any atom is -0.341 e. The molecule has 1 amide bonds. The lowest BCUT2D eigenvalue weighted by Gasteiger charge is -2.26.